The number of hydrogen-bond donors (Lipinski definition) is 2. The average Bonchev–Trinajstić information content (AvgIpc) is 2.20. The van der Waals surface area contributed by atoms with Gasteiger partial charge in [-0.15, -0.1) is 0 Å². The van der Waals surface area contributed by atoms with Gasteiger partial charge in [-0.2, -0.15) is 0 Å². The van der Waals surface area contributed by atoms with Gasteiger partial charge >= 0.3 is 0 Å². The average molecular weight is 224 g/mol. The summed E-state index contributed by atoms with van der Waals surface area (Å²) >= 11 is 0. The Kier molecular flexibility index (Phi) is 4.44. The third kappa shape index (κ3) is 3.91. The molecule has 3 heteroatoms. The molecular weight excluding hydrogens is 203 g/mol. The molecule has 16 heavy (non-hydrogen) atoms. The van der Waals surface area contributed by atoms with E-state index in [0.717, 1.165) is 18.5 Å². The molecule has 0 aliphatic carbocycles. The predicted molar refractivity (Wildman–Crippen MR) is 65.7 cm³/mol. The highest BCUT2D eigenvalue weighted by Crippen LogP contribution is 2.12. The highest BCUT2D eigenvalue weighted by atomic mass is 19.1. The summed E-state index contributed by atoms with van der Waals surface area (Å²) in [5, 5.41) is 3.42. The molecule has 0 saturated heterocycles. The number of hydrogen-bond acceptors (Lipinski definition) is 2. The SMILES string of the molecule is Cc1cc(CNC(C)(C)CCN)ccc1F. The van der Waals surface area contributed by atoms with Gasteiger partial charge in [0, 0.05) is 12.1 Å². The van der Waals surface area contributed by atoms with E-state index < -0.39 is 0 Å². The van der Waals surface area contributed by atoms with E-state index in [-0.39, 0.29) is 11.4 Å². The van der Waals surface area contributed by atoms with Gasteiger partial charge < -0.3 is 11.1 Å². The lowest BCUT2D eigenvalue weighted by Gasteiger charge is -2.25. The summed E-state index contributed by atoms with van der Waals surface area (Å²) in [5.41, 5.74) is 7.35. The summed E-state index contributed by atoms with van der Waals surface area (Å²) in [6.45, 7) is 7.44. The molecule has 0 aromatic heterocycles. The van der Waals surface area contributed by atoms with Crippen molar-refractivity contribution in [3.05, 3.63) is 35.1 Å². The molecule has 0 radical (unpaired) electrons. The first-order valence-corrected chi connectivity index (χ1v) is 5.65. The fourth-order valence-corrected chi connectivity index (χ4v) is 1.61. The van der Waals surface area contributed by atoms with Crippen LogP contribution >= 0.6 is 0 Å². The van der Waals surface area contributed by atoms with Crippen LogP contribution < -0.4 is 11.1 Å². The van der Waals surface area contributed by atoms with Crippen LogP contribution in [0.15, 0.2) is 18.2 Å². The van der Waals surface area contributed by atoms with E-state index in [2.05, 4.69) is 19.2 Å². The first-order chi connectivity index (χ1) is 7.44. The summed E-state index contributed by atoms with van der Waals surface area (Å²) in [5.74, 6) is -0.148. The third-order valence-electron chi connectivity index (χ3n) is 2.76. The first kappa shape index (κ1) is 13.1. The van der Waals surface area contributed by atoms with Crippen molar-refractivity contribution in [2.75, 3.05) is 6.54 Å². The fraction of sp³-hybridized carbons (Fsp3) is 0.538. The third-order valence-corrected chi connectivity index (χ3v) is 2.76. The van der Waals surface area contributed by atoms with Crippen molar-refractivity contribution in [3.8, 4) is 0 Å². The second-order valence-corrected chi connectivity index (χ2v) is 4.86. The smallest absolute Gasteiger partial charge is 0.126 e. The Bertz CT molecular complexity index is 348. The van der Waals surface area contributed by atoms with E-state index in [4.69, 9.17) is 5.73 Å². The van der Waals surface area contributed by atoms with Gasteiger partial charge in [-0.25, -0.2) is 4.39 Å². The van der Waals surface area contributed by atoms with Gasteiger partial charge in [-0.1, -0.05) is 12.1 Å². The lowest BCUT2D eigenvalue weighted by atomic mass is 10.00. The molecule has 0 atom stereocenters. The molecule has 0 unspecified atom stereocenters. The van der Waals surface area contributed by atoms with Crippen LogP contribution in [0.4, 0.5) is 4.39 Å². The molecule has 0 fully saturated rings. The summed E-state index contributed by atoms with van der Waals surface area (Å²) < 4.78 is 13.1. The molecule has 1 aromatic rings. The zero-order valence-corrected chi connectivity index (χ0v) is 10.3. The molecule has 2 nitrogen and oxygen atoms in total. The quantitative estimate of drug-likeness (QED) is 0.805. The highest BCUT2D eigenvalue weighted by Gasteiger charge is 2.15. The van der Waals surface area contributed by atoms with Crippen molar-refractivity contribution >= 4 is 0 Å². The molecule has 1 rings (SSSR count). The molecule has 90 valence electrons. The molecule has 0 aliphatic rings. The maximum atomic E-state index is 13.1. The minimum atomic E-state index is -0.148. The number of aryl methyl sites for hydroxylation is 1. The van der Waals surface area contributed by atoms with E-state index in [9.17, 15) is 4.39 Å². The molecule has 0 bridgehead atoms. The molecule has 1 aromatic carbocycles. The van der Waals surface area contributed by atoms with Crippen molar-refractivity contribution in [1.29, 1.82) is 0 Å². The van der Waals surface area contributed by atoms with Crippen LogP contribution in [-0.2, 0) is 6.54 Å². The maximum absolute atomic E-state index is 13.1. The van der Waals surface area contributed by atoms with Crippen molar-refractivity contribution in [3.63, 3.8) is 0 Å². The second-order valence-electron chi connectivity index (χ2n) is 4.86. The van der Waals surface area contributed by atoms with Gasteiger partial charge in [-0.05, 0) is 50.9 Å². The lowest BCUT2D eigenvalue weighted by molar-refractivity contribution is 0.365. The first-order valence-electron chi connectivity index (χ1n) is 5.65. The Morgan fingerprint density at radius 3 is 2.62 bits per heavy atom. The summed E-state index contributed by atoms with van der Waals surface area (Å²) in [4.78, 5) is 0. The van der Waals surface area contributed by atoms with Crippen molar-refractivity contribution < 1.29 is 4.39 Å². The number of nitrogens with two attached hydrogens (primary N) is 1. The standard InChI is InChI=1S/C13H21FN2/c1-10-8-11(4-5-12(10)14)9-16-13(2,3)6-7-15/h4-5,8,16H,6-7,9,15H2,1-3H3. The minimum absolute atomic E-state index is 0.0248. The van der Waals surface area contributed by atoms with Gasteiger partial charge in [-0.3, -0.25) is 0 Å². The van der Waals surface area contributed by atoms with Crippen LogP contribution in [-0.4, -0.2) is 12.1 Å². The zero-order valence-electron chi connectivity index (χ0n) is 10.3. The number of halogens is 1. The Balaban J connectivity index is 2.57. The monoisotopic (exact) mass is 224 g/mol. The zero-order chi connectivity index (χ0) is 12.2. The maximum Gasteiger partial charge on any atom is 0.126 e. The molecule has 0 heterocycles. The number of nitrogens with one attached hydrogen (secondary N) is 1. The second kappa shape index (κ2) is 5.41. The summed E-state index contributed by atoms with van der Waals surface area (Å²) in [6.07, 6.45) is 0.924. The fourth-order valence-electron chi connectivity index (χ4n) is 1.61. The minimum Gasteiger partial charge on any atom is -0.330 e. The van der Waals surface area contributed by atoms with Gasteiger partial charge in [0.15, 0.2) is 0 Å². The topological polar surface area (TPSA) is 38.0 Å². The number of rotatable bonds is 5. The molecule has 3 N–H and O–H groups in total. The Labute approximate surface area is 97.0 Å². The van der Waals surface area contributed by atoms with Gasteiger partial charge in [0.1, 0.15) is 5.82 Å². The van der Waals surface area contributed by atoms with Crippen LogP contribution in [0, 0.1) is 12.7 Å². The Morgan fingerprint density at radius 1 is 1.38 bits per heavy atom. The van der Waals surface area contributed by atoms with Crippen LogP contribution in [0.1, 0.15) is 31.4 Å². The van der Waals surface area contributed by atoms with Crippen molar-refractivity contribution in [1.82, 2.24) is 5.32 Å². The van der Waals surface area contributed by atoms with E-state index in [1.54, 1.807) is 6.92 Å². The summed E-state index contributed by atoms with van der Waals surface area (Å²) in [6, 6.07) is 5.21. The van der Waals surface area contributed by atoms with Crippen LogP contribution in [0.25, 0.3) is 0 Å². The Morgan fingerprint density at radius 2 is 2.06 bits per heavy atom. The Hall–Kier alpha value is -0.930. The van der Waals surface area contributed by atoms with Crippen LogP contribution in [0.3, 0.4) is 0 Å². The molecular formula is C13H21FN2. The lowest BCUT2D eigenvalue weighted by Crippen LogP contribution is -2.40. The number of benzene rings is 1. The van der Waals surface area contributed by atoms with E-state index in [1.165, 1.54) is 6.07 Å². The molecule has 0 aliphatic heterocycles. The largest absolute Gasteiger partial charge is 0.330 e. The van der Waals surface area contributed by atoms with Gasteiger partial charge in [0.25, 0.3) is 0 Å². The van der Waals surface area contributed by atoms with Gasteiger partial charge in [0.05, 0.1) is 0 Å². The van der Waals surface area contributed by atoms with Crippen LogP contribution in [0.2, 0.25) is 0 Å². The van der Waals surface area contributed by atoms with Crippen LogP contribution in [0.5, 0.6) is 0 Å². The van der Waals surface area contributed by atoms with E-state index >= 15 is 0 Å². The van der Waals surface area contributed by atoms with Crippen molar-refractivity contribution in [2.45, 2.75) is 39.3 Å². The normalized spacial score (nSPS) is 11.8. The summed E-state index contributed by atoms with van der Waals surface area (Å²) in [7, 11) is 0. The molecule has 0 saturated carbocycles. The molecule has 0 amide bonds. The molecule has 0 spiro atoms. The van der Waals surface area contributed by atoms with E-state index in [0.29, 0.717) is 12.1 Å². The van der Waals surface area contributed by atoms with Gasteiger partial charge in [0.2, 0.25) is 0 Å². The van der Waals surface area contributed by atoms with E-state index in [1.807, 2.05) is 12.1 Å². The van der Waals surface area contributed by atoms with Crippen molar-refractivity contribution in [2.24, 2.45) is 5.73 Å². The predicted octanol–water partition coefficient (Wildman–Crippen LogP) is 2.35. The highest BCUT2D eigenvalue weighted by molar-refractivity contribution is 5.23.